The fourth-order valence-electron chi connectivity index (χ4n) is 1.60. The molecule has 0 fully saturated rings. The van der Waals surface area contributed by atoms with Gasteiger partial charge < -0.3 is 15.4 Å². The van der Waals surface area contributed by atoms with Crippen molar-refractivity contribution in [3.63, 3.8) is 0 Å². The third-order valence-electron chi connectivity index (χ3n) is 2.58. The third-order valence-corrected chi connectivity index (χ3v) is 3.28. The zero-order chi connectivity index (χ0) is 15.1. The molecule has 0 saturated carbocycles. The Morgan fingerprint density at radius 3 is 2.65 bits per heavy atom. The molecule has 0 aromatic heterocycles. The molecule has 0 aliphatic rings. The van der Waals surface area contributed by atoms with Crippen molar-refractivity contribution in [2.75, 3.05) is 44.9 Å². The first-order valence-electron chi connectivity index (χ1n) is 7.79. The van der Waals surface area contributed by atoms with Crippen molar-refractivity contribution < 1.29 is 4.74 Å². The van der Waals surface area contributed by atoms with Crippen LogP contribution in [-0.2, 0) is 4.74 Å². The maximum Gasteiger partial charge on any atom is 0.191 e. The summed E-state index contributed by atoms with van der Waals surface area (Å²) in [7, 11) is 0. The number of guanidine groups is 1. The van der Waals surface area contributed by atoms with Gasteiger partial charge >= 0.3 is 0 Å². The van der Waals surface area contributed by atoms with Crippen LogP contribution < -0.4 is 10.6 Å². The summed E-state index contributed by atoms with van der Waals surface area (Å²) in [6.07, 6.45) is 5.59. The summed E-state index contributed by atoms with van der Waals surface area (Å²) in [6, 6.07) is 0. The minimum absolute atomic E-state index is 0.610. The van der Waals surface area contributed by atoms with E-state index in [9.17, 15) is 0 Å². The minimum atomic E-state index is 0.610. The molecule has 0 aromatic carbocycles. The molecule has 0 saturated heterocycles. The third kappa shape index (κ3) is 14.0. The standard InChI is InChI=1S/C15H33N3OS/c1-5-16-15(17-9-6-7-12-20-4)18-10-8-11-19-13-14(2)3/h14H,5-13H2,1-4H3,(H2,16,17,18). The van der Waals surface area contributed by atoms with Crippen molar-refractivity contribution in [2.24, 2.45) is 10.9 Å². The van der Waals surface area contributed by atoms with Crippen LogP contribution in [-0.4, -0.2) is 50.8 Å². The highest BCUT2D eigenvalue weighted by atomic mass is 32.2. The van der Waals surface area contributed by atoms with Crippen molar-refractivity contribution in [3.8, 4) is 0 Å². The van der Waals surface area contributed by atoms with E-state index in [1.807, 2.05) is 11.8 Å². The van der Waals surface area contributed by atoms with Crippen LogP contribution in [0.2, 0.25) is 0 Å². The number of nitrogens with zero attached hydrogens (tertiary/aromatic N) is 1. The molecule has 0 bridgehead atoms. The Kier molecular flexibility index (Phi) is 14.7. The van der Waals surface area contributed by atoms with Crippen LogP contribution in [0, 0.1) is 5.92 Å². The number of aliphatic imine (C=N–C) groups is 1. The molecule has 0 rings (SSSR count). The van der Waals surface area contributed by atoms with Gasteiger partial charge in [0.2, 0.25) is 0 Å². The normalized spacial score (nSPS) is 11.9. The van der Waals surface area contributed by atoms with Gasteiger partial charge in [-0.25, -0.2) is 0 Å². The van der Waals surface area contributed by atoms with Gasteiger partial charge in [0.25, 0.3) is 0 Å². The lowest BCUT2D eigenvalue weighted by Gasteiger charge is -2.11. The van der Waals surface area contributed by atoms with Crippen molar-refractivity contribution in [1.29, 1.82) is 0 Å². The van der Waals surface area contributed by atoms with E-state index in [1.165, 1.54) is 18.6 Å². The number of hydrogen-bond donors (Lipinski definition) is 2. The molecule has 0 heterocycles. The van der Waals surface area contributed by atoms with Crippen LogP contribution in [0.4, 0.5) is 0 Å². The SMILES string of the molecule is CCNC(=NCCCOCC(C)C)NCCCCSC. The second-order valence-corrected chi connectivity index (χ2v) is 6.20. The molecule has 0 aromatic rings. The maximum atomic E-state index is 5.55. The van der Waals surface area contributed by atoms with Crippen LogP contribution in [0.25, 0.3) is 0 Å². The van der Waals surface area contributed by atoms with Crippen LogP contribution in [0.1, 0.15) is 40.0 Å². The molecule has 2 N–H and O–H groups in total. The maximum absolute atomic E-state index is 5.55. The first-order valence-corrected chi connectivity index (χ1v) is 9.19. The average molecular weight is 304 g/mol. The molecule has 0 radical (unpaired) electrons. The van der Waals surface area contributed by atoms with Gasteiger partial charge in [-0.1, -0.05) is 13.8 Å². The largest absolute Gasteiger partial charge is 0.381 e. The molecule has 5 heteroatoms. The van der Waals surface area contributed by atoms with Gasteiger partial charge in [-0.2, -0.15) is 11.8 Å². The Bertz CT molecular complexity index is 235. The van der Waals surface area contributed by atoms with Gasteiger partial charge in [0.1, 0.15) is 0 Å². The fraction of sp³-hybridized carbons (Fsp3) is 0.933. The van der Waals surface area contributed by atoms with Crippen LogP contribution >= 0.6 is 11.8 Å². The second-order valence-electron chi connectivity index (χ2n) is 5.21. The lowest BCUT2D eigenvalue weighted by molar-refractivity contribution is 0.109. The first kappa shape index (κ1) is 19.6. The Balaban J connectivity index is 3.67. The summed E-state index contributed by atoms with van der Waals surface area (Å²) in [5.41, 5.74) is 0. The van der Waals surface area contributed by atoms with E-state index in [2.05, 4.69) is 42.7 Å². The minimum Gasteiger partial charge on any atom is -0.381 e. The molecule has 120 valence electrons. The molecule has 4 nitrogen and oxygen atoms in total. The molecule has 20 heavy (non-hydrogen) atoms. The zero-order valence-electron chi connectivity index (χ0n) is 13.7. The number of rotatable bonds is 12. The summed E-state index contributed by atoms with van der Waals surface area (Å²) >= 11 is 1.91. The van der Waals surface area contributed by atoms with Crippen LogP contribution in [0.15, 0.2) is 4.99 Å². The predicted octanol–water partition coefficient (Wildman–Crippen LogP) is 2.75. The average Bonchev–Trinajstić information content (AvgIpc) is 2.41. The Labute approximate surface area is 129 Å². The molecule has 0 amide bonds. The highest BCUT2D eigenvalue weighted by Crippen LogP contribution is 1.97. The lowest BCUT2D eigenvalue weighted by Crippen LogP contribution is -2.38. The molecule has 0 atom stereocenters. The van der Waals surface area contributed by atoms with E-state index < -0.39 is 0 Å². The summed E-state index contributed by atoms with van der Waals surface area (Å²) in [5.74, 6) is 2.78. The predicted molar refractivity (Wildman–Crippen MR) is 91.9 cm³/mol. The van der Waals surface area contributed by atoms with E-state index in [0.29, 0.717) is 5.92 Å². The number of thioether (sulfide) groups is 1. The van der Waals surface area contributed by atoms with E-state index in [0.717, 1.165) is 45.2 Å². The highest BCUT2D eigenvalue weighted by Gasteiger charge is 1.97. The van der Waals surface area contributed by atoms with E-state index in [-0.39, 0.29) is 0 Å². The summed E-state index contributed by atoms with van der Waals surface area (Å²) < 4.78 is 5.55. The molecule has 0 unspecified atom stereocenters. The number of hydrogen-bond acceptors (Lipinski definition) is 3. The topological polar surface area (TPSA) is 45.7 Å². The monoisotopic (exact) mass is 303 g/mol. The molecule has 0 spiro atoms. The van der Waals surface area contributed by atoms with Gasteiger partial charge in [-0.15, -0.1) is 0 Å². The Morgan fingerprint density at radius 1 is 1.20 bits per heavy atom. The zero-order valence-corrected chi connectivity index (χ0v) is 14.5. The first-order chi connectivity index (χ1) is 9.70. The summed E-state index contributed by atoms with van der Waals surface area (Å²) in [4.78, 5) is 4.56. The van der Waals surface area contributed by atoms with Crippen molar-refractivity contribution >= 4 is 17.7 Å². The molecule has 0 aliphatic heterocycles. The molecule has 0 aliphatic carbocycles. The smallest absolute Gasteiger partial charge is 0.191 e. The van der Waals surface area contributed by atoms with E-state index in [1.54, 1.807) is 0 Å². The van der Waals surface area contributed by atoms with Gasteiger partial charge in [0.15, 0.2) is 5.96 Å². The van der Waals surface area contributed by atoms with Crippen LogP contribution in [0.5, 0.6) is 0 Å². The van der Waals surface area contributed by atoms with Gasteiger partial charge in [0, 0.05) is 32.8 Å². The van der Waals surface area contributed by atoms with Crippen LogP contribution in [0.3, 0.4) is 0 Å². The van der Waals surface area contributed by atoms with Gasteiger partial charge in [0.05, 0.1) is 0 Å². The van der Waals surface area contributed by atoms with Crippen molar-refractivity contribution in [2.45, 2.75) is 40.0 Å². The van der Waals surface area contributed by atoms with Gasteiger partial charge in [-0.3, -0.25) is 4.99 Å². The second kappa shape index (κ2) is 15.0. The Morgan fingerprint density at radius 2 is 2.00 bits per heavy atom. The highest BCUT2D eigenvalue weighted by molar-refractivity contribution is 7.98. The number of ether oxygens (including phenoxy) is 1. The number of unbranched alkanes of at least 4 members (excludes halogenated alkanes) is 1. The fourth-order valence-corrected chi connectivity index (χ4v) is 2.09. The van der Waals surface area contributed by atoms with Crippen molar-refractivity contribution in [3.05, 3.63) is 0 Å². The quantitative estimate of drug-likeness (QED) is 0.331. The summed E-state index contributed by atoms with van der Waals surface area (Å²) in [6.45, 7) is 10.8. The summed E-state index contributed by atoms with van der Waals surface area (Å²) in [5, 5.41) is 6.65. The van der Waals surface area contributed by atoms with E-state index >= 15 is 0 Å². The Hall–Kier alpha value is -0.420. The van der Waals surface area contributed by atoms with Crippen molar-refractivity contribution in [1.82, 2.24) is 10.6 Å². The van der Waals surface area contributed by atoms with E-state index in [4.69, 9.17) is 4.74 Å². The van der Waals surface area contributed by atoms with Gasteiger partial charge in [-0.05, 0) is 44.1 Å². The lowest BCUT2D eigenvalue weighted by atomic mass is 10.2. The molecular formula is C15H33N3OS. The molecular weight excluding hydrogens is 270 g/mol. The number of nitrogens with one attached hydrogen (secondary N) is 2.